The fourth-order valence-corrected chi connectivity index (χ4v) is 3.40. The molecule has 0 saturated carbocycles. The molecule has 26 heavy (non-hydrogen) atoms. The zero-order valence-electron chi connectivity index (χ0n) is 15.2. The number of nitrogens with one attached hydrogen (secondary N) is 2. The van der Waals surface area contributed by atoms with Crippen molar-refractivity contribution in [1.82, 2.24) is 25.7 Å². The second-order valence-electron chi connectivity index (χ2n) is 6.25. The molecule has 2 N–H and O–H groups in total. The molecule has 2 heterocycles. The molecule has 140 valence electrons. The highest BCUT2D eigenvalue weighted by molar-refractivity contribution is 6.30. The van der Waals surface area contributed by atoms with E-state index in [1.807, 2.05) is 24.3 Å². The number of hydrogen-bond donors (Lipinski definition) is 2. The van der Waals surface area contributed by atoms with Crippen LogP contribution in [0.1, 0.15) is 25.7 Å². The van der Waals surface area contributed by atoms with Crippen molar-refractivity contribution in [3.63, 3.8) is 0 Å². The molecule has 0 amide bonds. The quantitative estimate of drug-likeness (QED) is 0.596. The molecule has 1 aliphatic heterocycles. The van der Waals surface area contributed by atoms with Gasteiger partial charge in [-0.3, -0.25) is 9.89 Å². The number of guanidine groups is 1. The van der Waals surface area contributed by atoms with E-state index in [2.05, 4.69) is 37.6 Å². The predicted molar refractivity (Wildman–Crippen MR) is 103 cm³/mol. The van der Waals surface area contributed by atoms with Crippen LogP contribution in [0.2, 0.25) is 5.02 Å². The largest absolute Gasteiger partial charge is 0.355 e. The molecule has 2 aromatic rings. The summed E-state index contributed by atoms with van der Waals surface area (Å²) in [6.07, 6.45) is 2.49. The Balaban J connectivity index is 1.51. The van der Waals surface area contributed by atoms with Gasteiger partial charge in [0.2, 0.25) is 11.7 Å². The zero-order chi connectivity index (χ0) is 18.4. The summed E-state index contributed by atoms with van der Waals surface area (Å²) in [5.74, 6) is 1.76. The average molecular weight is 377 g/mol. The van der Waals surface area contributed by atoms with Gasteiger partial charge in [0.1, 0.15) is 0 Å². The first-order valence-electron chi connectivity index (χ1n) is 8.96. The fraction of sp³-hybridized carbons (Fsp3) is 0.500. The maximum Gasteiger partial charge on any atom is 0.246 e. The molecular formula is C18H25ClN6O. The molecule has 3 rings (SSSR count). The fourth-order valence-electron chi connectivity index (χ4n) is 3.21. The Hall–Kier alpha value is -2.12. The third-order valence-electron chi connectivity index (χ3n) is 4.59. The van der Waals surface area contributed by atoms with Crippen LogP contribution in [0, 0.1) is 0 Å². The van der Waals surface area contributed by atoms with Gasteiger partial charge < -0.3 is 15.2 Å². The SMILES string of the molecule is CCN1CCCC1CNC(=NC)NCc1nc(-c2cccc(Cl)c2)no1. The van der Waals surface area contributed by atoms with Crippen LogP contribution in [-0.4, -0.2) is 53.7 Å². The molecule has 8 heteroatoms. The van der Waals surface area contributed by atoms with E-state index in [4.69, 9.17) is 16.1 Å². The van der Waals surface area contributed by atoms with Crippen LogP contribution in [0.4, 0.5) is 0 Å². The second kappa shape index (κ2) is 9.00. The minimum absolute atomic E-state index is 0.412. The molecule has 1 unspecified atom stereocenters. The highest BCUT2D eigenvalue weighted by Gasteiger charge is 2.22. The normalized spacial score (nSPS) is 18.3. The number of halogens is 1. The molecule has 0 radical (unpaired) electrons. The van der Waals surface area contributed by atoms with E-state index in [0.717, 1.165) is 24.6 Å². The van der Waals surface area contributed by atoms with Crippen LogP contribution in [0.15, 0.2) is 33.8 Å². The Morgan fingerprint density at radius 3 is 3.08 bits per heavy atom. The molecule has 0 spiro atoms. The smallest absolute Gasteiger partial charge is 0.246 e. The summed E-state index contributed by atoms with van der Waals surface area (Å²) in [7, 11) is 1.76. The standard InChI is InChI=1S/C18H25ClN6O/c1-3-25-9-5-8-15(25)11-21-18(20-2)22-12-16-23-17(24-26-16)13-6-4-7-14(19)10-13/h4,6-7,10,15H,3,5,8-9,11-12H2,1-2H3,(H2,20,21,22). The minimum Gasteiger partial charge on any atom is -0.355 e. The highest BCUT2D eigenvalue weighted by Crippen LogP contribution is 2.20. The molecule has 1 atom stereocenters. The molecule has 1 aromatic carbocycles. The maximum absolute atomic E-state index is 6.01. The Morgan fingerprint density at radius 1 is 1.42 bits per heavy atom. The Labute approximate surface area is 158 Å². The lowest BCUT2D eigenvalue weighted by Gasteiger charge is -2.23. The topological polar surface area (TPSA) is 78.6 Å². The van der Waals surface area contributed by atoms with Gasteiger partial charge >= 0.3 is 0 Å². The number of rotatable bonds is 6. The first-order chi connectivity index (χ1) is 12.7. The van der Waals surface area contributed by atoms with Gasteiger partial charge in [-0.05, 0) is 38.1 Å². The summed E-state index contributed by atoms with van der Waals surface area (Å²) >= 11 is 6.01. The van der Waals surface area contributed by atoms with Crippen molar-refractivity contribution in [2.75, 3.05) is 26.7 Å². The lowest BCUT2D eigenvalue weighted by Crippen LogP contribution is -2.44. The van der Waals surface area contributed by atoms with E-state index in [-0.39, 0.29) is 0 Å². The van der Waals surface area contributed by atoms with Gasteiger partial charge in [-0.1, -0.05) is 35.8 Å². The lowest BCUT2D eigenvalue weighted by molar-refractivity contribution is 0.267. The van der Waals surface area contributed by atoms with Crippen molar-refractivity contribution in [1.29, 1.82) is 0 Å². The predicted octanol–water partition coefficient (Wildman–Crippen LogP) is 2.54. The van der Waals surface area contributed by atoms with Gasteiger partial charge in [0.15, 0.2) is 5.96 Å². The number of hydrogen-bond acceptors (Lipinski definition) is 5. The summed E-state index contributed by atoms with van der Waals surface area (Å²) in [5.41, 5.74) is 0.830. The van der Waals surface area contributed by atoms with Crippen LogP contribution in [0.25, 0.3) is 11.4 Å². The van der Waals surface area contributed by atoms with E-state index in [1.54, 1.807) is 7.05 Å². The van der Waals surface area contributed by atoms with E-state index in [9.17, 15) is 0 Å². The van der Waals surface area contributed by atoms with Crippen LogP contribution in [0.5, 0.6) is 0 Å². The van der Waals surface area contributed by atoms with E-state index in [1.165, 1.54) is 19.4 Å². The average Bonchev–Trinajstić information content (AvgIpc) is 3.31. The Bertz CT molecular complexity index is 747. The van der Waals surface area contributed by atoms with E-state index in [0.29, 0.717) is 29.3 Å². The molecular weight excluding hydrogens is 352 g/mol. The van der Waals surface area contributed by atoms with Crippen molar-refractivity contribution >= 4 is 17.6 Å². The third kappa shape index (κ3) is 4.74. The third-order valence-corrected chi connectivity index (χ3v) is 4.83. The number of nitrogens with zero attached hydrogens (tertiary/aromatic N) is 4. The van der Waals surface area contributed by atoms with Crippen LogP contribution in [0.3, 0.4) is 0 Å². The number of benzene rings is 1. The van der Waals surface area contributed by atoms with Crippen molar-refractivity contribution < 1.29 is 4.52 Å². The van der Waals surface area contributed by atoms with Crippen LogP contribution in [-0.2, 0) is 6.54 Å². The molecule has 1 aliphatic rings. The summed E-state index contributed by atoms with van der Waals surface area (Å²) in [6.45, 7) is 5.77. The van der Waals surface area contributed by atoms with Gasteiger partial charge in [-0.2, -0.15) is 4.98 Å². The first-order valence-corrected chi connectivity index (χ1v) is 9.34. The molecule has 1 fully saturated rings. The molecule has 1 aromatic heterocycles. The second-order valence-corrected chi connectivity index (χ2v) is 6.69. The van der Waals surface area contributed by atoms with Gasteiger partial charge in [-0.15, -0.1) is 0 Å². The number of aliphatic imine (C=N–C) groups is 1. The Morgan fingerprint density at radius 2 is 2.31 bits per heavy atom. The molecule has 0 aliphatic carbocycles. The molecule has 7 nitrogen and oxygen atoms in total. The lowest BCUT2D eigenvalue weighted by atomic mass is 10.2. The van der Waals surface area contributed by atoms with Gasteiger partial charge in [0.05, 0.1) is 6.54 Å². The minimum atomic E-state index is 0.412. The highest BCUT2D eigenvalue weighted by atomic mass is 35.5. The summed E-state index contributed by atoms with van der Waals surface area (Å²) in [6, 6.07) is 7.95. The van der Waals surface area contributed by atoms with Gasteiger partial charge in [-0.25, -0.2) is 0 Å². The zero-order valence-corrected chi connectivity index (χ0v) is 16.0. The Kier molecular flexibility index (Phi) is 6.46. The molecule has 1 saturated heterocycles. The van der Waals surface area contributed by atoms with Crippen molar-refractivity contribution in [3.8, 4) is 11.4 Å². The van der Waals surface area contributed by atoms with Crippen molar-refractivity contribution in [3.05, 3.63) is 35.2 Å². The van der Waals surface area contributed by atoms with Crippen LogP contribution >= 0.6 is 11.6 Å². The monoisotopic (exact) mass is 376 g/mol. The number of likely N-dealkylation sites (tertiary alicyclic amines) is 1. The van der Waals surface area contributed by atoms with Crippen molar-refractivity contribution in [2.24, 2.45) is 4.99 Å². The number of aromatic nitrogens is 2. The summed E-state index contributed by atoms with van der Waals surface area (Å²) < 4.78 is 5.31. The summed E-state index contributed by atoms with van der Waals surface area (Å²) in [5, 5.41) is 11.3. The van der Waals surface area contributed by atoms with Gasteiger partial charge in [0, 0.05) is 30.2 Å². The van der Waals surface area contributed by atoms with Crippen molar-refractivity contribution in [2.45, 2.75) is 32.4 Å². The van der Waals surface area contributed by atoms with E-state index >= 15 is 0 Å². The van der Waals surface area contributed by atoms with Gasteiger partial charge in [0.25, 0.3) is 0 Å². The maximum atomic E-state index is 6.01. The first kappa shape index (κ1) is 18.7. The van der Waals surface area contributed by atoms with Crippen LogP contribution < -0.4 is 10.6 Å². The summed E-state index contributed by atoms with van der Waals surface area (Å²) in [4.78, 5) is 11.2. The number of likely N-dealkylation sites (N-methyl/N-ethyl adjacent to an activating group) is 1. The molecule has 0 bridgehead atoms. The van der Waals surface area contributed by atoms with E-state index < -0.39 is 0 Å².